The summed E-state index contributed by atoms with van der Waals surface area (Å²) in [5.41, 5.74) is 4.40. The van der Waals surface area contributed by atoms with Crippen LogP contribution in [0.5, 0.6) is 0 Å². The Morgan fingerprint density at radius 3 is 2.00 bits per heavy atom. The second-order valence-corrected chi connectivity index (χ2v) is 4.05. The average molecular weight is 160 g/mol. The monoisotopic (exact) mass is 160 g/mol. The highest BCUT2D eigenvalue weighted by Crippen LogP contribution is 2.36. The van der Waals surface area contributed by atoms with E-state index in [9.17, 15) is 0 Å². The summed E-state index contributed by atoms with van der Waals surface area (Å²) in [6.07, 6.45) is 4.24. The Labute approximate surface area is 74.6 Å². The lowest BCUT2D eigenvalue weighted by molar-refractivity contribution is 0.419. The van der Waals surface area contributed by atoms with Gasteiger partial charge >= 0.3 is 0 Å². The van der Waals surface area contributed by atoms with Gasteiger partial charge in [-0.05, 0) is 38.2 Å². The normalized spacial score (nSPS) is 17.5. The highest BCUT2D eigenvalue weighted by atomic mass is 14.2. The van der Waals surface area contributed by atoms with Crippen LogP contribution in [0, 0.1) is 13.8 Å². The maximum Gasteiger partial charge on any atom is -0.0162 e. The number of rotatable bonds is 1. The van der Waals surface area contributed by atoms with Crippen LogP contribution in [0.2, 0.25) is 0 Å². The second-order valence-electron chi connectivity index (χ2n) is 4.05. The predicted molar refractivity (Wildman–Crippen MR) is 52.5 cm³/mol. The SMILES string of the molecule is Cc1cc(C)cc(C2CCC2)c1. The Morgan fingerprint density at radius 1 is 1.00 bits per heavy atom. The molecule has 0 unspecified atom stereocenters. The van der Waals surface area contributed by atoms with Gasteiger partial charge in [-0.15, -0.1) is 0 Å². The zero-order valence-electron chi connectivity index (χ0n) is 7.93. The Hall–Kier alpha value is -0.780. The molecule has 0 spiro atoms. The summed E-state index contributed by atoms with van der Waals surface area (Å²) in [7, 11) is 0. The van der Waals surface area contributed by atoms with Crippen molar-refractivity contribution in [1.82, 2.24) is 0 Å². The van der Waals surface area contributed by atoms with E-state index in [2.05, 4.69) is 32.0 Å². The number of benzene rings is 1. The fraction of sp³-hybridized carbons (Fsp3) is 0.500. The van der Waals surface area contributed by atoms with Crippen molar-refractivity contribution in [3.05, 3.63) is 34.9 Å². The van der Waals surface area contributed by atoms with Crippen molar-refractivity contribution in [1.29, 1.82) is 0 Å². The van der Waals surface area contributed by atoms with Crippen LogP contribution in [0.3, 0.4) is 0 Å². The molecule has 0 amide bonds. The third kappa shape index (κ3) is 1.38. The molecule has 1 fully saturated rings. The highest BCUT2D eigenvalue weighted by Gasteiger charge is 2.19. The molecular formula is C12H16. The first-order chi connectivity index (χ1) is 5.75. The standard InChI is InChI=1S/C12H16/c1-9-6-10(2)8-12(7-9)11-4-3-5-11/h6-8,11H,3-5H2,1-2H3. The molecule has 0 nitrogen and oxygen atoms in total. The van der Waals surface area contributed by atoms with E-state index in [0.717, 1.165) is 5.92 Å². The summed E-state index contributed by atoms with van der Waals surface area (Å²) in [5, 5.41) is 0. The smallest absolute Gasteiger partial charge is 0.0162 e. The Bertz CT molecular complexity index is 262. The highest BCUT2D eigenvalue weighted by molar-refractivity contribution is 5.31. The van der Waals surface area contributed by atoms with Gasteiger partial charge in [-0.25, -0.2) is 0 Å². The van der Waals surface area contributed by atoms with Crippen LogP contribution in [0.15, 0.2) is 18.2 Å². The van der Waals surface area contributed by atoms with E-state index in [4.69, 9.17) is 0 Å². The van der Waals surface area contributed by atoms with Crippen molar-refractivity contribution in [3.8, 4) is 0 Å². The van der Waals surface area contributed by atoms with E-state index in [1.165, 1.54) is 30.4 Å². The first kappa shape index (κ1) is 7.85. The van der Waals surface area contributed by atoms with E-state index >= 15 is 0 Å². The lowest BCUT2D eigenvalue weighted by Gasteiger charge is -2.26. The molecule has 1 aromatic rings. The van der Waals surface area contributed by atoms with Gasteiger partial charge in [0.05, 0.1) is 0 Å². The van der Waals surface area contributed by atoms with Crippen LogP contribution >= 0.6 is 0 Å². The fourth-order valence-electron chi connectivity index (χ4n) is 1.99. The molecular weight excluding hydrogens is 144 g/mol. The van der Waals surface area contributed by atoms with Gasteiger partial charge in [0, 0.05) is 0 Å². The molecule has 0 bridgehead atoms. The Balaban J connectivity index is 2.30. The molecule has 0 N–H and O–H groups in total. The van der Waals surface area contributed by atoms with Gasteiger partial charge in [-0.2, -0.15) is 0 Å². The molecule has 0 aromatic heterocycles. The van der Waals surface area contributed by atoms with Crippen molar-refractivity contribution in [3.63, 3.8) is 0 Å². The molecule has 1 aliphatic rings. The van der Waals surface area contributed by atoms with Crippen molar-refractivity contribution in [2.45, 2.75) is 39.0 Å². The van der Waals surface area contributed by atoms with Crippen LogP contribution in [-0.4, -0.2) is 0 Å². The maximum atomic E-state index is 2.34. The van der Waals surface area contributed by atoms with Crippen LogP contribution in [0.1, 0.15) is 41.9 Å². The Kier molecular flexibility index (Phi) is 1.92. The number of aryl methyl sites for hydroxylation is 2. The molecule has 0 atom stereocenters. The van der Waals surface area contributed by atoms with Crippen molar-refractivity contribution in [2.24, 2.45) is 0 Å². The summed E-state index contributed by atoms with van der Waals surface area (Å²) in [5.74, 6) is 0.878. The molecule has 1 aliphatic carbocycles. The summed E-state index contributed by atoms with van der Waals surface area (Å²) >= 11 is 0. The van der Waals surface area contributed by atoms with Crippen molar-refractivity contribution in [2.75, 3.05) is 0 Å². The topological polar surface area (TPSA) is 0 Å². The fourth-order valence-corrected chi connectivity index (χ4v) is 1.99. The van der Waals surface area contributed by atoms with E-state index in [1.807, 2.05) is 0 Å². The van der Waals surface area contributed by atoms with E-state index in [1.54, 1.807) is 5.56 Å². The van der Waals surface area contributed by atoms with Gasteiger partial charge in [0.25, 0.3) is 0 Å². The van der Waals surface area contributed by atoms with Crippen LogP contribution in [0.4, 0.5) is 0 Å². The quantitative estimate of drug-likeness (QED) is 0.589. The molecule has 0 aliphatic heterocycles. The van der Waals surface area contributed by atoms with Crippen LogP contribution < -0.4 is 0 Å². The summed E-state index contributed by atoms with van der Waals surface area (Å²) in [4.78, 5) is 0. The summed E-state index contributed by atoms with van der Waals surface area (Å²) in [6, 6.07) is 6.94. The van der Waals surface area contributed by atoms with E-state index in [0.29, 0.717) is 0 Å². The minimum atomic E-state index is 0.878. The van der Waals surface area contributed by atoms with Gasteiger partial charge < -0.3 is 0 Å². The van der Waals surface area contributed by atoms with Gasteiger partial charge in [-0.3, -0.25) is 0 Å². The molecule has 64 valence electrons. The minimum absolute atomic E-state index is 0.878. The van der Waals surface area contributed by atoms with Crippen molar-refractivity contribution < 1.29 is 0 Å². The van der Waals surface area contributed by atoms with Crippen LogP contribution in [-0.2, 0) is 0 Å². The summed E-state index contributed by atoms with van der Waals surface area (Å²) < 4.78 is 0. The molecule has 12 heavy (non-hydrogen) atoms. The second kappa shape index (κ2) is 2.93. The molecule has 0 radical (unpaired) electrons. The van der Waals surface area contributed by atoms with Crippen molar-refractivity contribution >= 4 is 0 Å². The lowest BCUT2D eigenvalue weighted by Crippen LogP contribution is -2.08. The number of hydrogen-bond acceptors (Lipinski definition) is 0. The average Bonchev–Trinajstić information content (AvgIpc) is 1.79. The Morgan fingerprint density at radius 2 is 1.58 bits per heavy atom. The van der Waals surface area contributed by atoms with E-state index < -0.39 is 0 Å². The zero-order chi connectivity index (χ0) is 8.55. The molecule has 0 heteroatoms. The molecule has 0 heterocycles. The van der Waals surface area contributed by atoms with E-state index in [-0.39, 0.29) is 0 Å². The van der Waals surface area contributed by atoms with Gasteiger partial charge in [0.1, 0.15) is 0 Å². The first-order valence-corrected chi connectivity index (χ1v) is 4.84. The summed E-state index contributed by atoms with van der Waals surface area (Å²) in [6.45, 7) is 4.38. The van der Waals surface area contributed by atoms with Gasteiger partial charge in [0.15, 0.2) is 0 Å². The molecule has 1 saturated carbocycles. The van der Waals surface area contributed by atoms with Crippen LogP contribution in [0.25, 0.3) is 0 Å². The molecule has 0 saturated heterocycles. The first-order valence-electron chi connectivity index (χ1n) is 4.84. The third-order valence-electron chi connectivity index (χ3n) is 2.82. The predicted octanol–water partition coefficient (Wildman–Crippen LogP) is 3.57. The molecule has 2 rings (SSSR count). The third-order valence-corrected chi connectivity index (χ3v) is 2.82. The van der Waals surface area contributed by atoms with Gasteiger partial charge in [-0.1, -0.05) is 35.7 Å². The molecule has 1 aromatic carbocycles. The maximum absolute atomic E-state index is 2.34. The largest absolute Gasteiger partial charge is 0.0564 e. The minimum Gasteiger partial charge on any atom is -0.0564 e. The zero-order valence-corrected chi connectivity index (χ0v) is 7.93. The number of hydrogen-bond donors (Lipinski definition) is 0. The van der Waals surface area contributed by atoms with Gasteiger partial charge in [0.2, 0.25) is 0 Å². The lowest BCUT2D eigenvalue weighted by atomic mass is 9.79.